The zero-order valence-corrected chi connectivity index (χ0v) is 16.3. The molecule has 0 aliphatic carbocycles. The summed E-state index contributed by atoms with van der Waals surface area (Å²) >= 11 is 0. The number of nitrogens with one attached hydrogen (secondary N) is 1. The summed E-state index contributed by atoms with van der Waals surface area (Å²) in [4.78, 5) is 12.0. The van der Waals surface area contributed by atoms with E-state index in [-0.39, 0.29) is 5.91 Å². The maximum atomic E-state index is 12.0. The van der Waals surface area contributed by atoms with Crippen LogP contribution < -0.4 is 5.43 Å². The zero-order chi connectivity index (χ0) is 19.4. The van der Waals surface area contributed by atoms with E-state index in [1.807, 2.05) is 30.3 Å². The number of carbonyl (C=O) groups excluding carboxylic acids is 1. The Labute approximate surface area is 160 Å². The maximum Gasteiger partial charge on any atom is 0.244 e. The molecule has 0 atom stereocenters. The summed E-state index contributed by atoms with van der Waals surface area (Å²) in [6.07, 6.45) is 2.04. The molecule has 1 aromatic heterocycles. The second-order valence-electron chi connectivity index (χ2n) is 6.86. The molecule has 0 saturated heterocycles. The zero-order valence-electron chi connectivity index (χ0n) is 16.3. The molecular formula is C23H25N3O. The van der Waals surface area contributed by atoms with Crippen LogP contribution in [0, 0.1) is 27.7 Å². The van der Waals surface area contributed by atoms with Crippen molar-refractivity contribution >= 4 is 12.1 Å². The molecule has 0 bridgehead atoms. The summed E-state index contributed by atoms with van der Waals surface area (Å²) in [5.41, 5.74) is 10.5. The molecule has 4 heteroatoms. The summed E-state index contributed by atoms with van der Waals surface area (Å²) in [5, 5.41) is 4.15. The summed E-state index contributed by atoms with van der Waals surface area (Å²) < 4.78 is 2.25. The van der Waals surface area contributed by atoms with Gasteiger partial charge in [0.25, 0.3) is 0 Å². The summed E-state index contributed by atoms with van der Waals surface area (Å²) in [6, 6.07) is 18.1. The minimum atomic E-state index is -0.124. The Hall–Kier alpha value is -3.14. The van der Waals surface area contributed by atoms with Crippen molar-refractivity contribution < 1.29 is 4.79 Å². The van der Waals surface area contributed by atoms with E-state index in [1.54, 1.807) is 6.21 Å². The second kappa shape index (κ2) is 8.04. The number of carbonyl (C=O) groups is 1. The number of para-hydroxylation sites is 1. The van der Waals surface area contributed by atoms with Crippen molar-refractivity contribution in [1.82, 2.24) is 9.99 Å². The standard InChI is InChI=1S/C23H25N3O/c1-16-9-8-10-17(2)23(16)26-18(3)13-21(19(26)4)15-24-25-22(27)14-20-11-6-5-7-12-20/h5-13,15H,14H2,1-4H3,(H,25,27)/b24-15+. The van der Waals surface area contributed by atoms with Crippen molar-refractivity contribution in [2.24, 2.45) is 5.10 Å². The largest absolute Gasteiger partial charge is 0.317 e. The number of nitrogens with zero attached hydrogens (tertiary/aromatic N) is 2. The van der Waals surface area contributed by atoms with E-state index in [4.69, 9.17) is 0 Å². The lowest BCUT2D eigenvalue weighted by atomic mass is 10.1. The first-order valence-corrected chi connectivity index (χ1v) is 9.08. The Morgan fingerprint density at radius 3 is 2.33 bits per heavy atom. The fourth-order valence-corrected chi connectivity index (χ4v) is 3.42. The van der Waals surface area contributed by atoms with Crippen molar-refractivity contribution in [2.75, 3.05) is 0 Å². The lowest BCUT2D eigenvalue weighted by molar-refractivity contribution is -0.120. The van der Waals surface area contributed by atoms with Crippen molar-refractivity contribution in [3.8, 4) is 5.69 Å². The lowest BCUT2D eigenvalue weighted by Gasteiger charge is -2.15. The fourth-order valence-electron chi connectivity index (χ4n) is 3.42. The quantitative estimate of drug-likeness (QED) is 0.532. The van der Waals surface area contributed by atoms with Gasteiger partial charge in [0.05, 0.1) is 18.3 Å². The Bertz CT molecular complexity index is 964. The van der Waals surface area contributed by atoms with Gasteiger partial charge in [-0.25, -0.2) is 5.43 Å². The second-order valence-corrected chi connectivity index (χ2v) is 6.86. The van der Waals surface area contributed by atoms with Gasteiger partial charge in [0, 0.05) is 17.0 Å². The predicted octanol–water partition coefficient (Wildman–Crippen LogP) is 4.40. The molecule has 1 heterocycles. The van der Waals surface area contributed by atoms with Crippen molar-refractivity contribution in [1.29, 1.82) is 0 Å². The highest BCUT2D eigenvalue weighted by Gasteiger charge is 2.13. The number of hydrogen-bond donors (Lipinski definition) is 1. The van der Waals surface area contributed by atoms with Gasteiger partial charge in [-0.2, -0.15) is 5.10 Å². The third kappa shape index (κ3) is 4.17. The van der Waals surface area contributed by atoms with Gasteiger partial charge in [-0.05, 0) is 50.5 Å². The third-order valence-electron chi connectivity index (χ3n) is 4.73. The Morgan fingerprint density at radius 2 is 1.67 bits per heavy atom. The average Bonchev–Trinajstić information content (AvgIpc) is 2.90. The van der Waals surface area contributed by atoms with E-state index in [9.17, 15) is 4.79 Å². The lowest BCUT2D eigenvalue weighted by Crippen LogP contribution is -2.19. The van der Waals surface area contributed by atoms with Crippen LogP contribution in [0.5, 0.6) is 0 Å². The topological polar surface area (TPSA) is 46.4 Å². The molecule has 0 saturated carbocycles. The molecule has 0 aliphatic heterocycles. The number of rotatable bonds is 5. The first kappa shape index (κ1) is 18.6. The van der Waals surface area contributed by atoms with Crippen LogP contribution in [0.3, 0.4) is 0 Å². The highest BCUT2D eigenvalue weighted by molar-refractivity contribution is 5.85. The van der Waals surface area contributed by atoms with E-state index in [0.717, 1.165) is 22.5 Å². The molecule has 1 amide bonds. The van der Waals surface area contributed by atoms with Crippen molar-refractivity contribution in [3.05, 3.63) is 88.2 Å². The minimum Gasteiger partial charge on any atom is -0.317 e. The number of hydrazone groups is 1. The summed E-state index contributed by atoms with van der Waals surface area (Å²) in [7, 11) is 0. The normalized spacial score (nSPS) is 11.1. The van der Waals surface area contributed by atoms with Gasteiger partial charge in [-0.15, -0.1) is 0 Å². The number of aryl methyl sites for hydroxylation is 3. The van der Waals surface area contributed by atoms with Gasteiger partial charge >= 0.3 is 0 Å². The first-order valence-electron chi connectivity index (χ1n) is 9.08. The Kier molecular flexibility index (Phi) is 5.55. The number of benzene rings is 2. The molecule has 3 rings (SSSR count). The van der Waals surface area contributed by atoms with Gasteiger partial charge < -0.3 is 4.57 Å². The van der Waals surface area contributed by atoms with Crippen LogP contribution >= 0.6 is 0 Å². The summed E-state index contributed by atoms with van der Waals surface area (Å²) in [5.74, 6) is -0.124. The molecule has 138 valence electrons. The smallest absolute Gasteiger partial charge is 0.244 e. The number of amides is 1. The van der Waals surface area contributed by atoms with Crippen LogP contribution in [0.4, 0.5) is 0 Å². The monoisotopic (exact) mass is 359 g/mol. The fraction of sp³-hybridized carbons (Fsp3) is 0.217. The van der Waals surface area contributed by atoms with Gasteiger partial charge in [0.1, 0.15) is 0 Å². The Balaban J connectivity index is 1.77. The van der Waals surface area contributed by atoms with E-state index in [2.05, 4.69) is 67.1 Å². The molecule has 0 spiro atoms. The summed E-state index contributed by atoms with van der Waals surface area (Å²) in [6.45, 7) is 8.41. The third-order valence-corrected chi connectivity index (χ3v) is 4.73. The van der Waals surface area contributed by atoms with E-state index in [1.165, 1.54) is 16.8 Å². The van der Waals surface area contributed by atoms with Crippen molar-refractivity contribution in [2.45, 2.75) is 34.1 Å². The van der Waals surface area contributed by atoms with Crippen LogP contribution in [-0.4, -0.2) is 16.7 Å². The predicted molar refractivity (Wildman–Crippen MR) is 111 cm³/mol. The number of hydrogen-bond acceptors (Lipinski definition) is 2. The molecule has 0 unspecified atom stereocenters. The SMILES string of the molecule is Cc1cccc(C)c1-n1c(C)cc(/C=N/NC(=O)Cc2ccccc2)c1C. The highest BCUT2D eigenvalue weighted by atomic mass is 16.2. The maximum absolute atomic E-state index is 12.0. The van der Waals surface area contributed by atoms with Gasteiger partial charge in [0.15, 0.2) is 0 Å². The number of aromatic nitrogens is 1. The van der Waals surface area contributed by atoms with Gasteiger partial charge in [-0.1, -0.05) is 48.5 Å². The molecule has 1 N–H and O–H groups in total. The van der Waals surface area contributed by atoms with Crippen molar-refractivity contribution in [3.63, 3.8) is 0 Å². The molecule has 27 heavy (non-hydrogen) atoms. The molecule has 0 aliphatic rings. The molecule has 4 nitrogen and oxygen atoms in total. The molecule has 3 aromatic rings. The minimum absolute atomic E-state index is 0.124. The average molecular weight is 359 g/mol. The van der Waals surface area contributed by atoms with Crippen LogP contribution in [0.2, 0.25) is 0 Å². The van der Waals surface area contributed by atoms with E-state index < -0.39 is 0 Å². The van der Waals surface area contributed by atoms with Crippen LogP contribution in [-0.2, 0) is 11.2 Å². The first-order chi connectivity index (χ1) is 13.0. The van der Waals surface area contributed by atoms with Crippen LogP contribution in [0.15, 0.2) is 59.7 Å². The Morgan fingerprint density at radius 1 is 1.00 bits per heavy atom. The molecule has 0 radical (unpaired) electrons. The van der Waals surface area contributed by atoms with Crippen LogP contribution in [0.25, 0.3) is 5.69 Å². The van der Waals surface area contributed by atoms with Crippen LogP contribution in [0.1, 0.15) is 33.6 Å². The molecule has 2 aromatic carbocycles. The molecular weight excluding hydrogens is 334 g/mol. The highest BCUT2D eigenvalue weighted by Crippen LogP contribution is 2.25. The van der Waals surface area contributed by atoms with E-state index in [0.29, 0.717) is 6.42 Å². The van der Waals surface area contributed by atoms with Gasteiger partial charge in [0.2, 0.25) is 5.91 Å². The molecule has 0 fully saturated rings. The van der Waals surface area contributed by atoms with E-state index >= 15 is 0 Å². The van der Waals surface area contributed by atoms with Gasteiger partial charge in [-0.3, -0.25) is 4.79 Å².